The summed E-state index contributed by atoms with van der Waals surface area (Å²) in [5.74, 6) is 0.962. The standard InChI is InChI=1S/C18H20O2/c1-2-16-17(12-3-6-14(19)7-4-12)9-5-13-11-15(20)8-10-18(13)16/h3,5-6,9,12H,2,4,7-8,10-11H2,1H3. The molecular formula is C18H20O2. The molecule has 1 aromatic carbocycles. The second kappa shape index (κ2) is 5.35. The van der Waals surface area contributed by atoms with Crippen LogP contribution in [0.2, 0.25) is 0 Å². The van der Waals surface area contributed by atoms with Crippen LogP contribution in [-0.4, -0.2) is 11.6 Å². The van der Waals surface area contributed by atoms with Crippen LogP contribution in [0.5, 0.6) is 0 Å². The first-order valence-electron chi connectivity index (χ1n) is 7.55. The number of ketones is 2. The predicted octanol–water partition coefficient (Wildman–Crippen LogP) is 3.31. The molecule has 2 aliphatic rings. The van der Waals surface area contributed by atoms with Gasteiger partial charge in [0.1, 0.15) is 5.78 Å². The lowest BCUT2D eigenvalue weighted by Crippen LogP contribution is -2.17. The molecule has 0 saturated heterocycles. The maximum absolute atomic E-state index is 11.6. The minimum atomic E-state index is 0.239. The average Bonchev–Trinajstić information content (AvgIpc) is 2.46. The maximum atomic E-state index is 11.6. The van der Waals surface area contributed by atoms with Crippen LogP contribution in [0.1, 0.15) is 54.4 Å². The third-order valence-corrected chi connectivity index (χ3v) is 4.58. The monoisotopic (exact) mass is 268 g/mol. The van der Waals surface area contributed by atoms with E-state index >= 15 is 0 Å². The summed E-state index contributed by atoms with van der Waals surface area (Å²) in [6.07, 6.45) is 8.53. The average molecular weight is 268 g/mol. The van der Waals surface area contributed by atoms with Crippen molar-refractivity contribution in [2.45, 2.75) is 51.4 Å². The summed E-state index contributed by atoms with van der Waals surface area (Å²) < 4.78 is 0. The van der Waals surface area contributed by atoms with Crippen LogP contribution in [0.15, 0.2) is 24.3 Å². The maximum Gasteiger partial charge on any atom is 0.155 e. The molecule has 0 radical (unpaired) electrons. The van der Waals surface area contributed by atoms with Crippen LogP contribution in [0.25, 0.3) is 0 Å². The van der Waals surface area contributed by atoms with Crippen LogP contribution < -0.4 is 0 Å². The Labute approximate surface area is 119 Å². The van der Waals surface area contributed by atoms with E-state index in [1.54, 1.807) is 6.08 Å². The van der Waals surface area contributed by atoms with Crippen LogP contribution in [0, 0.1) is 0 Å². The van der Waals surface area contributed by atoms with E-state index in [0.717, 1.165) is 19.3 Å². The topological polar surface area (TPSA) is 34.1 Å². The van der Waals surface area contributed by atoms with Crippen molar-refractivity contribution in [3.63, 3.8) is 0 Å². The molecule has 0 bridgehead atoms. The third kappa shape index (κ3) is 2.35. The fourth-order valence-electron chi connectivity index (χ4n) is 3.53. The van der Waals surface area contributed by atoms with Gasteiger partial charge in [-0.15, -0.1) is 0 Å². The van der Waals surface area contributed by atoms with Gasteiger partial charge in [0, 0.05) is 25.2 Å². The van der Waals surface area contributed by atoms with Gasteiger partial charge in [-0.25, -0.2) is 0 Å². The number of hydrogen-bond donors (Lipinski definition) is 0. The van der Waals surface area contributed by atoms with Gasteiger partial charge in [0.15, 0.2) is 5.78 Å². The Hall–Kier alpha value is -1.70. The van der Waals surface area contributed by atoms with E-state index in [1.165, 1.54) is 22.3 Å². The normalized spacial score (nSPS) is 21.9. The summed E-state index contributed by atoms with van der Waals surface area (Å²) >= 11 is 0. The Bertz CT molecular complexity index is 596. The molecule has 0 N–H and O–H groups in total. The Kier molecular flexibility index (Phi) is 3.56. The largest absolute Gasteiger partial charge is 0.299 e. The highest BCUT2D eigenvalue weighted by Gasteiger charge is 2.23. The number of rotatable bonds is 2. The minimum absolute atomic E-state index is 0.239. The molecule has 104 valence electrons. The number of benzene rings is 1. The number of fused-ring (bicyclic) bond motifs is 1. The van der Waals surface area contributed by atoms with Gasteiger partial charge in [-0.05, 0) is 47.6 Å². The zero-order chi connectivity index (χ0) is 14.1. The molecule has 1 unspecified atom stereocenters. The molecule has 0 spiro atoms. The third-order valence-electron chi connectivity index (χ3n) is 4.58. The highest BCUT2D eigenvalue weighted by atomic mass is 16.1. The zero-order valence-corrected chi connectivity index (χ0v) is 11.9. The van der Waals surface area contributed by atoms with Crippen molar-refractivity contribution in [1.29, 1.82) is 0 Å². The van der Waals surface area contributed by atoms with Gasteiger partial charge in [0.2, 0.25) is 0 Å². The van der Waals surface area contributed by atoms with Crippen molar-refractivity contribution in [2.75, 3.05) is 0 Å². The van der Waals surface area contributed by atoms with Crippen molar-refractivity contribution in [1.82, 2.24) is 0 Å². The molecule has 2 heteroatoms. The predicted molar refractivity (Wildman–Crippen MR) is 79.0 cm³/mol. The van der Waals surface area contributed by atoms with E-state index in [2.05, 4.69) is 25.1 Å². The number of carbonyl (C=O) groups is 2. The molecule has 0 fully saturated rings. The second-order valence-electron chi connectivity index (χ2n) is 5.81. The lowest BCUT2D eigenvalue weighted by molar-refractivity contribution is -0.118. The summed E-state index contributed by atoms with van der Waals surface area (Å²) in [6, 6.07) is 4.31. The van der Waals surface area contributed by atoms with Gasteiger partial charge in [0.05, 0.1) is 0 Å². The number of carbonyl (C=O) groups excluding carboxylic acids is 2. The number of hydrogen-bond acceptors (Lipinski definition) is 2. The molecule has 0 aliphatic heterocycles. The fraction of sp³-hybridized carbons (Fsp3) is 0.444. The van der Waals surface area contributed by atoms with Crippen LogP contribution >= 0.6 is 0 Å². The summed E-state index contributed by atoms with van der Waals surface area (Å²) in [6.45, 7) is 2.19. The first kappa shape index (κ1) is 13.3. The van der Waals surface area contributed by atoms with Crippen LogP contribution in [-0.2, 0) is 28.9 Å². The molecule has 0 saturated carbocycles. The summed E-state index contributed by atoms with van der Waals surface area (Å²) in [5, 5.41) is 0. The Balaban J connectivity index is 2.02. The first-order valence-corrected chi connectivity index (χ1v) is 7.55. The fourth-order valence-corrected chi connectivity index (χ4v) is 3.53. The van der Waals surface area contributed by atoms with Crippen LogP contribution in [0.4, 0.5) is 0 Å². The minimum Gasteiger partial charge on any atom is -0.299 e. The van der Waals surface area contributed by atoms with Crippen molar-refractivity contribution >= 4 is 11.6 Å². The molecule has 1 atom stereocenters. The Morgan fingerprint density at radius 1 is 1.15 bits per heavy atom. The van der Waals surface area contributed by atoms with Gasteiger partial charge < -0.3 is 0 Å². The molecule has 2 aliphatic carbocycles. The van der Waals surface area contributed by atoms with Crippen molar-refractivity contribution in [2.24, 2.45) is 0 Å². The van der Waals surface area contributed by atoms with E-state index in [0.29, 0.717) is 31.0 Å². The van der Waals surface area contributed by atoms with E-state index in [-0.39, 0.29) is 5.78 Å². The molecule has 0 heterocycles. The van der Waals surface area contributed by atoms with Gasteiger partial charge in [0.25, 0.3) is 0 Å². The smallest absolute Gasteiger partial charge is 0.155 e. The first-order chi connectivity index (χ1) is 9.69. The van der Waals surface area contributed by atoms with Crippen molar-refractivity contribution in [3.8, 4) is 0 Å². The van der Waals surface area contributed by atoms with Crippen molar-refractivity contribution in [3.05, 3.63) is 46.5 Å². The quantitative estimate of drug-likeness (QED) is 0.824. The van der Waals surface area contributed by atoms with Crippen molar-refractivity contribution < 1.29 is 9.59 Å². The number of allylic oxidation sites excluding steroid dienone is 2. The molecule has 1 aromatic rings. The van der Waals surface area contributed by atoms with E-state index in [4.69, 9.17) is 0 Å². The molecule has 20 heavy (non-hydrogen) atoms. The van der Waals surface area contributed by atoms with Gasteiger partial charge in [-0.3, -0.25) is 9.59 Å². The highest BCUT2D eigenvalue weighted by molar-refractivity contribution is 5.90. The lowest BCUT2D eigenvalue weighted by Gasteiger charge is -2.25. The molecule has 0 amide bonds. The van der Waals surface area contributed by atoms with Gasteiger partial charge >= 0.3 is 0 Å². The number of Topliss-reactive ketones (excluding diaryl/α,β-unsaturated/α-hetero) is 1. The molecule has 2 nitrogen and oxygen atoms in total. The van der Waals surface area contributed by atoms with Gasteiger partial charge in [-0.1, -0.05) is 25.1 Å². The summed E-state index contributed by atoms with van der Waals surface area (Å²) in [7, 11) is 0. The summed E-state index contributed by atoms with van der Waals surface area (Å²) in [4.78, 5) is 22.9. The zero-order valence-electron chi connectivity index (χ0n) is 11.9. The van der Waals surface area contributed by atoms with E-state index in [1.807, 2.05) is 0 Å². The van der Waals surface area contributed by atoms with Gasteiger partial charge in [-0.2, -0.15) is 0 Å². The van der Waals surface area contributed by atoms with E-state index in [9.17, 15) is 9.59 Å². The highest BCUT2D eigenvalue weighted by Crippen LogP contribution is 2.34. The second-order valence-corrected chi connectivity index (χ2v) is 5.81. The molecule has 3 rings (SSSR count). The molecular weight excluding hydrogens is 248 g/mol. The summed E-state index contributed by atoms with van der Waals surface area (Å²) in [5.41, 5.74) is 5.40. The van der Waals surface area contributed by atoms with Crippen LogP contribution in [0.3, 0.4) is 0 Å². The lowest BCUT2D eigenvalue weighted by atomic mass is 9.79. The Morgan fingerprint density at radius 3 is 2.70 bits per heavy atom. The van der Waals surface area contributed by atoms with E-state index < -0.39 is 0 Å². The SMILES string of the molecule is CCc1c(C2C=CC(=O)CC2)ccc2c1CCC(=O)C2. The molecule has 0 aromatic heterocycles. The Morgan fingerprint density at radius 2 is 2.00 bits per heavy atom.